The SMILES string of the molecule is CCCCCCNC1=CC(=O)C[C@H](c2ccccc2)C1. The fraction of sp³-hybridized carbons (Fsp3) is 0.500. The molecule has 0 bridgehead atoms. The van der Waals surface area contributed by atoms with E-state index in [1.54, 1.807) is 6.08 Å². The summed E-state index contributed by atoms with van der Waals surface area (Å²) in [7, 11) is 0. The smallest absolute Gasteiger partial charge is 0.158 e. The number of allylic oxidation sites excluding steroid dienone is 2. The fourth-order valence-corrected chi connectivity index (χ4v) is 2.78. The molecule has 0 aliphatic heterocycles. The highest BCUT2D eigenvalue weighted by Crippen LogP contribution is 2.30. The van der Waals surface area contributed by atoms with E-state index >= 15 is 0 Å². The third kappa shape index (κ3) is 4.52. The zero-order valence-electron chi connectivity index (χ0n) is 12.4. The maximum atomic E-state index is 11.9. The minimum absolute atomic E-state index is 0.251. The summed E-state index contributed by atoms with van der Waals surface area (Å²) in [5, 5.41) is 3.45. The Morgan fingerprint density at radius 1 is 1.10 bits per heavy atom. The molecule has 2 rings (SSSR count). The molecule has 20 heavy (non-hydrogen) atoms. The highest BCUT2D eigenvalue weighted by molar-refractivity contribution is 5.91. The second-order valence-electron chi connectivity index (χ2n) is 5.64. The third-order valence-corrected chi connectivity index (χ3v) is 3.90. The molecule has 0 saturated heterocycles. The summed E-state index contributed by atoms with van der Waals surface area (Å²) in [6, 6.07) is 10.4. The maximum absolute atomic E-state index is 11.9. The second kappa shape index (κ2) is 7.88. The molecular formula is C18H25NO. The summed E-state index contributed by atoms with van der Waals surface area (Å²) in [6.45, 7) is 3.21. The predicted octanol–water partition coefficient (Wildman–Crippen LogP) is 4.19. The number of hydrogen-bond acceptors (Lipinski definition) is 2. The molecule has 1 aromatic carbocycles. The first-order valence-corrected chi connectivity index (χ1v) is 7.82. The molecule has 0 radical (unpaired) electrons. The number of ketones is 1. The highest BCUT2D eigenvalue weighted by Gasteiger charge is 2.21. The van der Waals surface area contributed by atoms with Crippen molar-refractivity contribution >= 4 is 5.78 Å². The van der Waals surface area contributed by atoms with Crippen LogP contribution >= 0.6 is 0 Å². The minimum Gasteiger partial charge on any atom is -0.388 e. The average molecular weight is 271 g/mol. The van der Waals surface area contributed by atoms with Gasteiger partial charge in [-0.1, -0.05) is 56.5 Å². The van der Waals surface area contributed by atoms with Gasteiger partial charge in [0.15, 0.2) is 5.78 Å². The van der Waals surface area contributed by atoms with Crippen molar-refractivity contribution < 1.29 is 4.79 Å². The summed E-state index contributed by atoms with van der Waals surface area (Å²) < 4.78 is 0. The van der Waals surface area contributed by atoms with Gasteiger partial charge in [0.1, 0.15) is 0 Å². The molecule has 1 aliphatic carbocycles. The highest BCUT2D eigenvalue weighted by atomic mass is 16.1. The van der Waals surface area contributed by atoms with Gasteiger partial charge in [-0.05, 0) is 24.3 Å². The van der Waals surface area contributed by atoms with Crippen LogP contribution in [0.5, 0.6) is 0 Å². The Labute approximate surface area is 122 Å². The molecule has 0 saturated carbocycles. The van der Waals surface area contributed by atoms with Gasteiger partial charge in [0, 0.05) is 24.7 Å². The molecule has 1 N–H and O–H groups in total. The number of carbonyl (C=O) groups is 1. The van der Waals surface area contributed by atoms with Crippen LogP contribution in [-0.2, 0) is 4.79 Å². The summed E-state index contributed by atoms with van der Waals surface area (Å²) in [4.78, 5) is 11.9. The molecule has 1 aromatic rings. The quantitative estimate of drug-likeness (QED) is 0.753. The van der Waals surface area contributed by atoms with Crippen LogP contribution in [0.2, 0.25) is 0 Å². The fourth-order valence-electron chi connectivity index (χ4n) is 2.78. The van der Waals surface area contributed by atoms with Gasteiger partial charge in [-0.15, -0.1) is 0 Å². The normalized spacial score (nSPS) is 18.8. The van der Waals surface area contributed by atoms with E-state index in [0.29, 0.717) is 12.3 Å². The lowest BCUT2D eigenvalue weighted by atomic mass is 9.85. The van der Waals surface area contributed by atoms with Gasteiger partial charge in [-0.3, -0.25) is 4.79 Å². The molecule has 2 heteroatoms. The van der Waals surface area contributed by atoms with E-state index < -0.39 is 0 Å². The molecule has 0 aromatic heterocycles. The van der Waals surface area contributed by atoms with Gasteiger partial charge < -0.3 is 5.32 Å². The second-order valence-corrected chi connectivity index (χ2v) is 5.64. The molecule has 2 nitrogen and oxygen atoms in total. The van der Waals surface area contributed by atoms with Gasteiger partial charge in [0.2, 0.25) is 0 Å². The molecule has 0 amide bonds. The summed E-state index contributed by atoms with van der Waals surface area (Å²) >= 11 is 0. The lowest BCUT2D eigenvalue weighted by Gasteiger charge is -2.23. The van der Waals surface area contributed by atoms with Crippen LogP contribution in [0, 0.1) is 0 Å². The van der Waals surface area contributed by atoms with Crippen molar-refractivity contribution in [1.82, 2.24) is 5.32 Å². The lowest BCUT2D eigenvalue weighted by molar-refractivity contribution is -0.115. The van der Waals surface area contributed by atoms with Gasteiger partial charge in [-0.25, -0.2) is 0 Å². The first-order chi connectivity index (χ1) is 9.79. The Kier molecular flexibility index (Phi) is 5.85. The topological polar surface area (TPSA) is 29.1 Å². The number of hydrogen-bond donors (Lipinski definition) is 1. The van der Waals surface area contributed by atoms with Crippen LogP contribution in [-0.4, -0.2) is 12.3 Å². The number of benzene rings is 1. The number of rotatable bonds is 7. The minimum atomic E-state index is 0.251. The average Bonchev–Trinajstić information content (AvgIpc) is 2.47. The maximum Gasteiger partial charge on any atom is 0.158 e. The van der Waals surface area contributed by atoms with Crippen molar-refractivity contribution in [2.45, 2.75) is 51.4 Å². The van der Waals surface area contributed by atoms with Crippen LogP contribution in [0.3, 0.4) is 0 Å². The Morgan fingerprint density at radius 2 is 1.90 bits per heavy atom. The number of carbonyl (C=O) groups excluding carboxylic acids is 1. The number of unbranched alkanes of at least 4 members (excludes halogenated alkanes) is 3. The van der Waals surface area contributed by atoms with E-state index in [0.717, 1.165) is 18.7 Å². The first kappa shape index (κ1) is 14.8. The van der Waals surface area contributed by atoms with Gasteiger partial charge >= 0.3 is 0 Å². The molecule has 0 unspecified atom stereocenters. The van der Waals surface area contributed by atoms with Crippen LogP contribution in [0.25, 0.3) is 0 Å². The van der Waals surface area contributed by atoms with E-state index in [-0.39, 0.29) is 5.78 Å². The van der Waals surface area contributed by atoms with E-state index in [9.17, 15) is 4.79 Å². The molecule has 108 valence electrons. The first-order valence-electron chi connectivity index (χ1n) is 7.82. The largest absolute Gasteiger partial charge is 0.388 e. The standard InChI is InChI=1S/C18H25NO/c1-2-3-4-8-11-19-17-12-16(13-18(20)14-17)15-9-6-5-7-10-15/h5-7,9-10,14,16,19H,2-4,8,11-13H2,1H3/t16-/m1/s1. The summed E-state index contributed by atoms with van der Waals surface area (Å²) in [5.74, 6) is 0.591. The molecule has 1 aliphatic rings. The molecule has 0 heterocycles. The van der Waals surface area contributed by atoms with Gasteiger partial charge in [0.25, 0.3) is 0 Å². The van der Waals surface area contributed by atoms with Gasteiger partial charge in [-0.2, -0.15) is 0 Å². The Balaban J connectivity index is 1.86. The van der Waals surface area contributed by atoms with Crippen molar-refractivity contribution in [2.75, 3.05) is 6.54 Å². The third-order valence-electron chi connectivity index (χ3n) is 3.90. The zero-order chi connectivity index (χ0) is 14.2. The van der Waals surface area contributed by atoms with Crippen molar-refractivity contribution in [3.05, 3.63) is 47.7 Å². The molecule has 0 fully saturated rings. The van der Waals surface area contributed by atoms with Crippen LogP contribution in [0.1, 0.15) is 56.9 Å². The van der Waals surface area contributed by atoms with Crippen molar-refractivity contribution in [2.24, 2.45) is 0 Å². The molecular weight excluding hydrogens is 246 g/mol. The van der Waals surface area contributed by atoms with Crippen LogP contribution in [0.15, 0.2) is 42.1 Å². The molecule has 0 spiro atoms. The van der Waals surface area contributed by atoms with Crippen LogP contribution in [0.4, 0.5) is 0 Å². The van der Waals surface area contributed by atoms with Gasteiger partial charge in [0.05, 0.1) is 0 Å². The summed E-state index contributed by atoms with van der Waals surface area (Å²) in [5.41, 5.74) is 2.39. The Hall–Kier alpha value is -1.57. The number of nitrogens with one attached hydrogen (secondary N) is 1. The van der Waals surface area contributed by atoms with E-state index in [1.807, 2.05) is 6.07 Å². The monoisotopic (exact) mass is 271 g/mol. The van der Waals surface area contributed by atoms with E-state index in [1.165, 1.54) is 31.2 Å². The van der Waals surface area contributed by atoms with Crippen molar-refractivity contribution in [3.8, 4) is 0 Å². The zero-order valence-corrected chi connectivity index (χ0v) is 12.4. The molecule has 1 atom stereocenters. The Bertz CT molecular complexity index is 450. The lowest BCUT2D eigenvalue weighted by Crippen LogP contribution is -2.22. The van der Waals surface area contributed by atoms with E-state index in [4.69, 9.17) is 0 Å². The van der Waals surface area contributed by atoms with E-state index in [2.05, 4.69) is 36.5 Å². The summed E-state index contributed by atoms with van der Waals surface area (Å²) in [6.07, 6.45) is 8.43. The van der Waals surface area contributed by atoms with Crippen LogP contribution < -0.4 is 5.32 Å². The predicted molar refractivity (Wildman–Crippen MR) is 83.7 cm³/mol. The van der Waals surface area contributed by atoms with Crippen molar-refractivity contribution in [1.29, 1.82) is 0 Å². The van der Waals surface area contributed by atoms with Crippen molar-refractivity contribution in [3.63, 3.8) is 0 Å². The Morgan fingerprint density at radius 3 is 2.65 bits per heavy atom.